The highest BCUT2D eigenvalue weighted by atomic mass is 19.3. The lowest BCUT2D eigenvalue weighted by Crippen LogP contribution is -2.22. The monoisotopic (exact) mass is 638 g/mol. The van der Waals surface area contributed by atoms with Crippen molar-refractivity contribution in [1.82, 2.24) is 19.9 Å². The fraction of sp³-hybridized carbons (Fsp3) is 0.467. The topological polar surface area (TPSA) is 152 Å². The summed E-state index contributed by atoms with van der Waals surface area (Å²) in [6.07, 6.45) is 2.34. The zero-order chi connectivity index (χ0) is 33.1. The molecule has 0 amide bonds. The fourth-order valence-corrected chi connectivity index (χ4v) is 4.88. The van der Waals surface area contributed by atoms with E-state index in [0.29, 0.717) is 36.8 Å². The molecule has 2 N–H and O–H groups in total. The second kappa shape index (κ2) is 13.7. The Bertz CT molecular complexity index is 1970. The zero-order valence-corrected chi connectivity index (χ0v) is 24.7. The number of nitrogens with zero attached hydrogens (tertiary/aromatic N) is 2. The molecular weight excluding hydrogens is 607 g/mol. The maximum atomic E-state index is 13.3. The van der Waals surface area contributed by atoms with E-state index in [9.17, 15) is 41.1 Å². The highest BCUT2D eigenvalue weighted by Crippen LogP contribution is 2.31. The largest absolute Gasteiger partial charge is 0.403 e. The molecule has 15 heteroatoms. The lowest BCUT2D eigenvalue weighted by molar-refractivity contribution is 0.00757. The Morgan fingerprint density at radius 3 is 2.02 bits per heavy atom. The van der Waals surface area contributed by atoms with Crippen LogP contribution in [0.1, 0.15) is 88.2 Å². The summed E-state index contributed by atoms with van der Waals surface area (Å²) in [5, 5.41) is 0.128. The molecule has 1 atom stereocenters. The van der Waals surface area contributed by atoms with Crippen LogP contribution in [0.2, 0.25) is 0 Å². The average Bonchev–Trinajstić information content (AvgIpc) is 2.90. The molecule has 4 aromatic rings. The summed E-state index contributed by atoms with van der Waals surface area (Å²) in [5.74, 6) is -3.74. The molecule has 0 bridgehead atoms. The van der Waals surface area contributed by atoms with E-state index in [2.05, 4.69) is 19.9 Å². The summed E-state index contributed by atoms with van der Waals surface area (Å²) in [6, 6.07) is 2.38. The van der Waals surface area contributed by atoms with Crippen LogP contribution in [0.5, 0.6) is 0 Å². The van der Waals surface area contributed by atoms with Gasteiger partial charge in [-0.1, -0.05) is 19.3 Å². The second-order valence-electron chi connectivity index (χ2n) is 11.1. The van der Waals surface area contributed by atoms with E-state index in [1.165, 1.54) is 26.3 Å². The molecule has 4 aromatic heterocycles. The van der Waals surface area contributed by atoms with Crippen LogP contribution < -0.4 is 22.4 Å². The molecule has 10 nitrogen and oxygen atoms in total. The molecule has 0 aliphatic heterocycles. The minimum Gasteiger partial charge on any atom is -0.403 e. The smallest absolute Gasteiger partial charge is 0.337 e. The standard InChI is InChI=1S/C15H15F3N2O3.C15H16F2N2O3/c1-7(12(17)18)4-3-5-9-6-10(21)23-15-11(9)14(22)19-13(20-15)8(2)16;1-15(16,17)14-18-12(21)11-9(6-5-8-3-2-4-8)7-10(20)22-13(11)19-14/h6,8H,3-5H2,1-2H3,(H,19,20,22);7-8H,2-6H2,1H3,(H,18,19,21). The Hall–Kier alpha value is -4.43. The molecule has 0 radical (unpaired) electrons. The van der Waals surface area contributed by atoms with Gasteiger partial charge in [0, 0.05) is 19.1 Å². The third-order valence-corrected chi connectivity index (χ3v) is 7.57. The number of alkyl halides is 3. The molecule has 4 heterocycles. The molecular formula is C30H31F5N4O6. The zero-order valence-electron chi connectivity index (χ0n) is 24.7. The second-order valence-corrected chi connectivity index (χ2v) is 11.1. The van der Waals surface area contributed by atoms with Crippen LogP contribution >= 0.6 is 0 Å². The van der Waals surface area contributed by atoms with Crippen LogP contribution in [0, 0.1) is 5.92 Å². The van der Waals surface area contributed by atoms with Crippen molar-refractivity contribution in [3.05, 3.63) is 88.1 Å². The van der Waals surface area contributed by atoms with Gasteiger partial charge in [-0.2, -0.15) is 27.5 Å². The third-order valence-electron chi connectivity index (χ3n) is 7.57. The first kappa shape index (κ1) is 33.5. The highest BCUT2D eigenvalue weighted by Gasteiger charge is 2.29. The lowest BCUT2D eigenvalue weighted by atomic mass is 9.81. The van der Waals surface area contributed by atoms with Crippen molar-refractivity contribution in [2.24, 2.45) is 5.92 Å². The Balaban J connectivity index is 0.000000205. The van der Waals surface area contributed by atoms with E-state index < -0.39 is 46.4 Å². The quantitative estimate of drug-likeness (QED) is 0.208. The van der Waals surface area contributed by atoms with E-state index in [0.717, 1.165) is 25.3 Å². The minimum absolute atomic E-state index is 0.0383. The molecule has 0 aromatic carbocycles. The SMILES string of the molecule is CC(CCCc1cc(=O)oc2nc(C(C)F)[nH]c(=O)c12)=C(F)F.CC(F)(F)c1nc2oc(=O)cc(CCC3CCC3)c2c(=O)[nH]1. The number of allylic oxidation sites excluding steroid dienone is 1. The molecule has 45 heavy (non-hydrogen) atoms. The van der Waals surface area contributed by atoms with Gasteiger partial charge >= 0.3 is 17.2 Å². The molecule has 1 aliphatic rings. The van der Waals surface area contributed by atoms with Gasteiger partial charge in [-0.15, -0.1) is 0 Å². The molecule has 5 rings (SSSR count). The van der Waals surface area contributed by atoms with Gasteiger partial charge in [0.2, 0.25) is 11.4 Å². The molecule has 242 valence electrons. The Morgan fingerprint density at radius 2 is 1.51 bits per heavy atom. The molecule has 1 saturated carbocycles. The van der Waals surface area contributed by atoms with Crippen molar-refractivity contribution in [3.8, 4) is 0 Å². The number of fused-ring (bicyclic) bond motifs is 2. The van der Waals surface area contributed by atoms with Crippen LogP contribution in [0.25, 0.3) is 22.2 Å². The predicted octanol–water partition coefficient (Wildman–Crippen LogP) is 6.12. The van der Waals surface area contributed by atoms with E-state index in [1.54, 1.807) is 0 Å². The number of rotatable bonds is 9. The first-order chi connectivity index (χ1) is 21.1. The Kier molecular flexibility index (Phi) is 10.2. The van der Waals surface area contributed by atoms with Gasteiger partial charge in [0.25, 0.3) is 17.2 Å². The third kappa shape index (κ3) is 8.19. The molecule has 1 unspecified atom stereocenters. The van der Waals surface area contributed by atoms with Gasteiger partial charge in [0.05, 0.1) is 0 Å². The number of aromatic amines is 2. The van der Waals surface area contributed by atoms with Crippen LogP contribution in [-0.4, -0.2) is 19.9 Å². The Labute approximate surface area is 251 Å². The van der Waals surface area contributed by atoms with Crippen molar-refractivity contribution in [1.29, 1.82) is 0 Å². The molecule has 0 saturated heterocycles. The first-order valence-corrected chi connectivity index (χ1v) is 14.3. The van der Waals surface area contributed by atoms with Crippen molar-refractivity contribution in [2.45, 2.75) is 84.2 Å². The fourth-order valence-electron chi connectivity index (χ4n) is 4.88. The maximum Gasteiger partial charge on any atom is 0.337 e. The highest BCUT2D eigenvalue weighted by molar-refractivity contribution is 5.76. The van der Waals surface area contributed by atoms with Gasteiger partial charge in [0.1, 0.15) is 16.6 Å². The number of nitrogens with one attached hydrogen (secondary N) is 2. The number of hydrogen-bond acceptors (Lipinski definition) is 8. The molecule has 1 fully saturated rings. The van der Waals surface area contributed by atoms with Gasteiger partial charge < -0.3 is 18.8 Å². The number of H-pyrrole nitrogens is 2. The van der Waals surface area contributed by atoms with E-state index >= 15 is 0 Å². The van der Waals surface area contributed by atoms with Crippen molar-refractivity contribution in [2.75, 3.05) is 0 Å². The maximum absolute atomic E-state index is 13.3. The summed E-state index contributed by atoms with van der Waals surface area (Å²) in [6.45, 7) is 3.12. The van der Waals surface area contributed by atoms with Crippen LogP contribution in [0.15, 0.2) is 51.8 Å². The van der Waals surface area contributed by atoms with Gasteiger partial charge in [-0.25, -0.2) is 14.0 Å². The summed E-state index contributed by atoms with van der Waals surface area (Å²) < 4.78 is 74.4. The number of halogens is 5. The predicted molar refractivity (Wildman–Crippen MR) is 154 cm³/mol. The van der Waals surface area contributed by atoms with Crippen molar-refractivity contribution < 1.29 is 30.8 Å². The van der Waals surface area contributed by atoms with Crippen molar-refractivity contribution in [3.63, 3.8) is 0 Å². The van der Waals surface area contributed by atoms with Crippen LogP contribution in [0.4, 0.5) is 22.0 Å². The summed E-state index contributed by atoms with van der Waals surface area (Å²) in [4.78, 5) is 59.2. The summed E-state index contributed by atoms with van der Waals surface area (Å²) >= 11 is 0. The molecule has 0 spiro atoms. The first-order valence-electron chi connectivity index (χ1n) is 14.3. The lowest BCUT2D eigenvalue weighted by Gasteiger charge is -2.25. The van der Waals surface area contributed by atoms with Gasteiger partial charge in [-0.05, 0) is 68.6 Å². The van der Waals surface area contributed by atoms with E-state index in [4.69, 9.17) is 8.83 Å². The normalized spacial score (nSPS) is 14.1. The minimum atomic E-state index is -3.31. The van der Waals surface area contributed by atoms with Crippen molar-refractivity contribution >= 4 is 22.2 Å². The van der Waals surface area contributed by atoms with Gasteiger partial charge in [0.15, 0.2) is 12.0 Å². The van der Waals surface area contributed by atoms with E-state index in [-0.39, 0.29) is 46.4 Å². The average molecular weight is 639 g/mol. The van der Waals surface area contributed by atoms with E-state index in [1.807, 2.05) is 0 Å². The number of aromatic nitrogens is 4. The number of hydrogen-bond donors (Lipinski definition) is 2. The number of aryl methyl sites for hydroxylation is 2. The Morgan fingerprint density at radius 1 is 0.956 bits per heavy atom. The summed E-state index contributed by atoms with van der Waals surface area (Å²) in [5.41, 5.74) is -2.50. The molecule has 1 aliphatic carbocycles. The van der Waals surface area contributed by atoms with Crippen LogP contribution in [0.3, 0.4) is 0 Å². The van der Waals surface area contributed by atoms with Gasteiger partial charge in [-0.3, -0.25) is 9.59 Å². The summed E-state index contributed by atoms with van der Waals surface area (Å²) in [7, 11) is 0. The van der Waals surface area contributed by atoms with Crippen LogP contribution in [-0.2, 0) is 18.8 Å².